The number of carbonyl (C=O) groups is 1. The van der Waals surface area contributed by atoms with Crippen molar-refractivity contribution in [1.29, 1.82) is 0 Å². The van der Waals surface area contributed by atoms with Gasteiger partial charge in [-0.1, -0.05) is 84.6 Å². The van der Waals surface area contributed by atoms with Gasteiger partial charge in [-0.05, 0) is 52.1 Å². The zero-order chi connectivity index (χ0) is 32.0. The third-order valence-corrected chi connectivity index (χ3v) is 8.98. The lowest BCUT2D eigenvalue weighted by atomic mass is 9.99. The highest BCUT2D eigenvalue weighted by Crippen LogP contribution is 2.40. The Morgan fingerprint density at radius 3 is 2.49 bits per heavy atom. The second-order valence-corrected chi connectivity index (χ2v) is 12.2. The Morgan fingerprint density at radius 2 is 1.68 bits per heavy atom. The molecule has 10 nitrogen and oxygen atoms in total. The molecule has 0 spiro atoms. The molecule has 1 aliphatic heterocycles. The summed E-state index contributed by atoms with van der Waals surface area (Å²) in [6, 6.07) is 31.6. The van der Waals surface area contributed by atoms with E-state index >= 15 is 0 Å². The van der Waals surface area contributed by atoms with E-state index in [9.17, 15) is 9.90 Å². The topological polar surface area (TPSA) is 135 Å². The van der Waals surface area contributed by atoms with Crippen molar-refractivity contribution in [2.75, 3.05) is 5.75 Å². The van der Waals surface area contributed by atoms with Crippen molar-refractivity contribution in [3.05, 3.63) is 138 Å². The van der Waals surface area contributed by atoms with E-state index in [0.29, 0.717) is 24.2 Å². The van der Waals surface area contributed by atoms with Gasteiger partial charge in [-0.25, -0.2) is 9.97 Å². The lowest BCUT2D eigenvalue weighted by molar-refractivity contribution is -0.245. The average Bonchev–Trinajstić information content (AvgIpc) is 3.67. The minimum atomic E-state index is -0.586. The number of nitrogens with zero attached hydrogens (tertiary/aromatic N) is 4. The van der Waals surface area contributed by atoms with Crippen LogP contribution in [0.15, 0.2) is 115 Å². The maximum atomic E-state index is 12.9. The predicted molar refractivity (Wildman–Crippen MR) is 178 cm³/mol. The van der Waals surface area contributed by atoms with Gasteiger partial charge in [0.05, 0.1) is 36.0 Å². The number of aliphatic hydroxyl groups is 1. The molecule has 11 heteroatoms. The molecular formula is C36H32N6O4S. The van der Waals surface area contributed by atoms with Gasteiger partial charge in [0, 0.05) is 24.3 Å². The summed E-state index contributed by atoms with van der Waals surface area (Å²) in [7, 11) is 0. The van der Waals surface area contributed by atoms with Gasteiger partial charge in [-0.3, -0.25) is 14.9 Å². The van der Waals surface area contributed by atoms with Gasteiger partial charge in [-0.2, -0.15) is 5.10 Å². The molecule has 0 aliphatic carbocycles. The normalized spacial score (nSPS) is 17.9. The van der Waals surface area contributed by atoms with Crippen molar-refractivity contribution in [1.82, 2.24) is 30.5 Å². The van der Waals surface area contributed by atoms with E-state index in [1.165, 1.54) is 12.5 Å². The monoisotopic (exact) mass is 644 g/mol. The number of H-pyrrole nitrogens is 1. The van der Waals surface area contributed by atoms with Crippen LogP contribution in [0.5, 0.6) is 0 Å². The smallest absolute Gasteiger partial charge is 0.271 e. The van der Waals surface area contributed by atoms with Crippen molar-refractivity contribution in [3.8, 4) is 11.1 Å². The Kier molecular flexibility index (Phi) is 9.29. The van der Waals surface area contributed by atoms with Crippen LogP contribution in [0.4, 0.5) is 0 Å². The van der Waals surface area contributed by atoms with Gasteiger partial charge in [0.2, 0.25) is 0 Å². The van der Waals surface area contributed by atoms with Gasteiger partial charge < -0.3 is 19.9 Å². The first-order chi connectivity index (χ1) is 23.1. The van der Waals surface area contributed by atoms with Crippen LogP contribution in [-0.4, -0.2) is 48.0 Å². The summed E-state index contributed by atoms with van der Waals surface area (Å²) in [5, 5.41) is 20.1. The number of carbonyl (C=O) groups excluding carboxylic acids is 1. The predicted octanol–water partition coefficient (Wildman–Crippen LogP) is 6.17. The molecular weight excluding hydrogens is 613 g/mol. The van der Waals surface area contributed by atoms with E-state index in [1.54, 1.807) is 11.8 Å². The van der Waals surface area contributed by atoms with Crippen LogP contribution in [0, 0.1) is 0 Å². The number of hydrogen-bond donors (Lipinski definition) is 3. The van der Waals surface area contributed by atoms with Crippen molar-refractivity contribution < 1.29 is 19.4 Å². The van der Waals surface area contributed by atoms with Gasteiger partial charge in [-0.15, -0.1) is 0 Å². The van der Waals surface area contributed by atoms with Crippen LogP contribution in [0.1, 0.15) is 51.6 Å². The number of hydrogen-bond acceptors (Lipinski definition) is 9. The molecule has 0 radical (unpaired) electrons. The summed E-state index contributed by atoms with van der Waals surface area (Å²) >= 11 is 1.56. The van der Waals surface area contributed by atoms with Gasteiger partial charge >= 0.3 is 0 Å². The Labute approximate surface area is 275 Å². The minimum Gasteiger partial charge on any atom is -0.392 e. The highest BCUT2D eigenvalue weighted by atomic mass is 32.2. The summed E-state index contributed by atoms with van der Waals surface area (Å²) in [6.07, 6.45) is 2.79. The zero-order valence-corrected chi connectivity index (χ0v) is 26.1. The number of thioether (sulfide) groups is 1. The summed E-state index contributed by atoms with van der Waals surface area (Å²) < 4.78 is 13.1. The molecule has 1 saturated heterocycles. The summed E-state index contributed by atoms with van der Waals surface area (Å²) in [6.45, 7) is 0.338. The molecule has 0 bridgehead atoms. The van der Waals surface area contributed by atoms with Crippen molar-refractivity contribution in [2.45, 2.75) is 43.2 Å². The lowest BCUT2D eigenvalue weighted by Crippen LogP contribution is -2.31. The Balaban J connectivity index is 1.07. The van der Waals surface area contributed by atoms with Crippen molar-refractivity contribution in [2.24, 2.45) is 0 Å². The molecule has 3 N–H and O–H groups in total. The number of rotatable bonds is 10. The number of aliphatic hydroxyl groups excluding tert-OH is 1. The largest absolute Gasteiger partial charge is 0.392 e. The Hall–Kier alpha value is -4.94. The number of benzene rings is 4. The molecule has 3 heterocycles. The van der Waals surface area contributed by atoms with E-state index < -0.39 is 6.29 Å². The second kappa shape index (κ2) is 14.2. The van der Waals surface area contributed by atoms with E-state index in [2.05, 4.69) is 48.7 Å². The quantitative estimate of drug-likeness (QED) is 0.150. The molecule has 0 unspecified atom stereocenters. The molecule has 7 rings (SSSR count). The van der Waals surface area contributed by atoms with Crippen LogP contribution in [-0.2, 0) is 22.6 Å². The summed E-state index contributed by atoms with van der Waals surface area (Å²) in [4.78, 5) is 25.9. The number of para-hydroxylation sites is 2. The highest BCUT2D eigenvalue weighted by Gasteiger charge is 2.32. The molecule has 236 valence electrons. The third-order valence-electron chi connectivity index (χ3n) is 7.97. The SMILES string of the molecule is O=C(NCc1cccc(-c2cccc([C@H]3O[C@@H](CSc4ncn[nH]4)C[C@@H](c4ccc(CO)cc4)O3)c2)c1)c1cnc2ccccc2n1. The maximum Gasteiger partial charge on any atom is 0.271 e. The maximum absolute atomic E-state index is 12.9. The van der Waals surface area contributed by atoms with Gasteiger partial charge in [0.1, 0.15) is 12.0 Å². The fourth-order valence-corrected chi connectivity index (χ4v) is 6.32. The molecule has 6 aromatic rings. The first-order valence-electron chi connectivity index (χ1n) is 15.3. The Morgan fingerprint density at radius 1 is 0.872 bits per heavy atom. The van der Waals surface area contributed by atoms with Crippen molar-refractivity contribution in [3.63, 3.8) is 0 Å². The average molecular weight is 645 g/mol. The standard InChI is InChI=1S/C36H32N6O4S/c43-20-23-11-13-25(14-12-23)33-17-29(21-47-36-39-22-40-42-36)45-35(46-33)28-8-4-7-27(16-28)26-6-3-5-24(15-26)18-38-34(44)32-19-37-30-9-1-2-10-31(30)41-32/h1-16,19,22,29,33,35,43H,17-18,20-21H2,(H,38,44)(H,39,40,42)/t29-,33+,35+/m1/s1. The number of nitrogens with one attached hydrogen (secondary N) is 2. The number of ether oxygens (including phenoxy) is 2. The molecule has 47 heavy (non-hydrogen) atoms. The second-order valence-electron chi connectivity index (χ2n) is 11.2. The Bertz CT molecular complexity index is 1970. The van der Waals surface area contributed by atoms with Crippen LogP contribution < -0.4 is 5.32 Å². The number of aromatic nitrogens is 5. The van der Waals surface area contributed by atoms with E-state index in [4.69, 9.17) is 9.47 Å². The highest BCUT2D eigenvalue weighted by molar-refractivity contribution is 7.99. The molecule has 0 saturated carbocycles. The zero-order valence-electron chi connectivity index (χ0n) is 25.3. The summed E-state index contributed by atoms with van der Waals surface area (Å²) in [5.74, 6) is 0.400. The summed E-state index contributed by atoms with van der Waals surface area (Å²) in [5.41, 5.74) is 7.46. The molecule has 4 aromatic carbocycles. The van der Waals surface area contributed by atoms with E-state index in [-0.39, 0.29) is 30.4 Å². The number of fused-ring (bicyclic) bond motifs is 1. The fourth-order valence-electron chi connectivity index (χ4n) is 5.52. The van der Waals surface area contributed by atoms with Crippen LogP contribution in [0.3, 0.4) is 0 Å². The van der Waals surface area contributed by atoms with Crippen LogP contribution in [0.25, 0.3) is 22.2 Å². The lowest BCUT2D eigenvalue weighted by Gasteiger charge is -2.36. The minimum absolute atomic E-state index is 0.00646. The molecule has 3 atom stereocenters. The van der Waals surface area contributed by atoms with Crippen LogP contribution in [0.2, 0.25) is 0 Å². The van der Waals surface area contributed by atoms with Gasteiger partial charge in [0.25, 0.3) is 5.91 Å². The van der Waals surface area contributed by atoms with E-state index in [1.807, 2.05) is 78.9 Å². The van der Waals surface area contributed by atoms with Crippen molar-refractivity contribution >= 4 is 28.7 Å². The molecule has 2 aromatic heterocycles. The first-order valence-corrected chi connectivity index (χ1v) is 16.3. The van der Waals surface area contributed by atoms with Crippen LogP contribution >= 0.6 is 11.8 Å². The number of amides is 1. The first kappa shape index (κ1) is 30.7. The molecule has 1 fully saturated rings. The van der Waals surface area contributed by atoms with E-state index in [0.717, 1.165) is 44.1 Å². The molecule has 1 amide bonds. The molecule has 1 aliphatic rings. The third kappa shape index (κ3) is 7.39. The van der Waals surface area contributed by atoms with Gasteiger partial charge in [0.15, 0.2) is 11.4 Å². The number of aromatic amines is 1. The fraction of sp³-hybridized carbons (Fsp3) is 0.194.